The number of carbonyl (C=O) groups is 4. The Morgan fingerprint density at radius 3 is 2.57 bits per heavy atom. The lowest BCUT2D eigenvalue weighted by molar-refractivity contribution is -0.143. The summed E-state index contributed by atoms with van der Waals surface area (Å²) in [7, 11) is 0. The van der Waals surface area contributed by atoms with Crippen LogP contribution in [0.5, 0.6) is 0 Å². The highest BCUT2D eigenvalue weighted by atomic mass is 16.7. The lowest BCUT2D eigenvalue weighted by atomic mass is 10.2. The third-order valence-electron chi connectivity index (χ3n) is 1.42. The highest BCUT2D eigenvalue weighted by Gasteiger charge is 2.31. The maximum atomic E-state index is 10.9. The zero-order valence-corrected chi connectivity index (χ0v) is 6.77. The van der Waals surface area contributed by atoms with E-state index in [0.717, 1.165) is 0 Å². The number of esters is 1. The number of rotatable bonds is 1. The minimum atomic E-state index is -1.78. The van der Waals surface area contributed by atoms with Crippen LogP contribution in [0.2, 0.25) is 0 Å². The molecule has 8 nitrogen and oxygen atoms in total. The molecule has 0 aliphatic carbocycles. The second-order valence-corrected chi connectivity index (χ2v) is 2.47. The molecule has 1 unspecified atom stereocenters. The molecule has 0 aromatic carbocycles. The van der Waals surface area contributed by atoms with Crippen LogP contribution in [-0.2, 0) is 14.3 Å². The third kappa shape index (κ3) is 2.44. The number of hydrogen-bond acceptors (Lipinski definition) is 5. The topological polar surface area (TPSA) is 122 Å². The molecule has 8 heteroatoms. The van der Waals surface area contributed by atoms with Crippen molar-refractivity contribution >= 4 is 24.1 Å². The van der Waals surface area contributed by atoms with Crippen LogP contribution in [0.4, 0.5) is 9.59 Å². The highest BCUT2D eigenvalue weighted by Crippen LogP contribution is 2.00. The second kappa shape index (κ2) is 3.73. The number of carboxylic acid groups (broad SMARTS) is 1. The Bertz CT molecular complexity index is 295. The molecule has 3 N–H and O–H groups in total. The van der Waals surface area contributed by atoms with Gasteiger partial charge >= 0.3 is 18.2 Å². The standard InChI is InChI=1S/C6H6N2O6/c9-3-1-2(7-5(11)8-3)4(10)14-6(12)13/h2H,1H2,(H,12,13)(H2,7,8,9,11). The molecule has 1 rings (SSSR count). The minimum absolute atomic E-state index is 0.335. The van der Waals surface area contributed by atoms with E-state index in [4.69, 9.17) is 5.11 Å². The minimum Gasteiger partial charge on any atom is -0.449 e. The Morgan fingerprint density at radius 1 is 1.43 bits per heavy atom. The van der Waals surface area contributed by atoms with Gasteiger partial charge in [-0.3, -0.25) is 10.1 Å². The maximum Gasteiger partial charge on any atom is 0.513 e. The quantitative estimate of drug-likeness (QED) is 0.363. The molecule has 1 heterocycles. The van der Waals surface area contributed by atoms with E-state index in [2.05, 4.69) is 4.74 Å². The summed E-state index contributed by atoms with van der Waals surface area (Å²) in [5.74, 6) is -1.85. The van der Waals surface area contributed by atoms with E-state index in [1.807, 2.05) is 10.6 Å². The first kappa shape index (κ1) is 9.96. The summed E-state index contributed by atoms with van der Waals surface area (Å²) in [5, 5.41) is 12.0. The zero-order valence-electron chi connectivity index (χ0n) is 6.77. The first-order chi connectivity index (χ1) is 6.49. The lowest BCUT2D eigenvalue weighted by Gasteiger charge is -2.20. The van der Waals surface area contributed by atoms with E-state index in [0.29, 0.717) is 0 Å². The van der Waals surface area contributed by atoms with Gasteiger partial charge in [0.05, 0.1) is 6.42 Å². The summed E-state index contributed by atoms with van der Waals surface area (Å²) in [6.45, 7) is 0. The van der Waals surface area contributed by atoms with Crippen LogP contribution in [-0.4, -0.2) is 35.2 Å². The molecular formula is C6H6N2O6. The Hall–Kier alpha value is -2.12. The van der Waals surface area contributed by atoms with Crippen molar-refractivity contribution in [2.24, 2.45) is 0 Å². The molecule has 0 aromatic rings. The van der Waals surface area contributed by atoms with Crippen molar-refractivity contribution in [1.29, 1.82) is 0 Å². The smallest absolute Gasteiger partial charge is 0.449 e. The second-order valence-electron chi connectivity index (χ2n) is 2.47. The summed E-state index contributed by atoms with van der Waals surface area (Å²) in [4.78, 5) is 42.3. The molecular weight excluding hydrogens is 196 g/mol. The van der Waals surface area contributed by atoms with Gasteiger partial charge < -0.3 is 15.2 Å². The van der Waals surface area contributed by atoms with Gasteiger partial charge in [-0.25, -0.2) is 14.4 Å². The lowest BCUT2D eigenvalue weighted by Crippen LogP contribution is -2.55. The van der Waals surface area contributed by atoms with Crippen molar-refractivity contribution in [2.75, 3.05) is 0 Å². The number of carbonyl (C=O) groups excluding carboxylic acids is 3. The number of ether oxygens (including phenoxy) is 1. The highest BCUT2D eigenvalue weighted by molar-refractivity contribution is 6.02. The SMILES string of the molecule is O=C1CC(C(=O)OC(=O)O)NC(=O)N1. The molecule has 0 saturated carbocycles. The zero-order chi connectivity index (χ0) is 10.7. The summed E-state index contributed by atoms with van der Waals surface area (Å²) in [6.07, 6.45) is -2.12. The average Bonchev–Trinajstić information content (AvgIpc) is 2.00. The molecule has 1 aliphatic heterocycles. The Morgan fingerprint density at radius 2 is 2.07 bits per heavy atom. The van der Waals surface area contributed by atoms with Gasteiger partial charge in [0.15, 0.2) is 0 Å². The van der Waals surface area contributed by atoms with Gasteiger partial charge in [0, 0.05) is 0 Å². The number of nitrogens with one attached hydrogen (secondary N) is 2. The third-order valence-corrected chi connectivity index (χ3v) is 1.42. The van der Waals surface area contributed by atoms with Crippen LogP contribution >= 0.6 is 0 Å². The maximum absolute atomic E-state index is 10.9. The first-order valence-corrected chi connectivity index (χ1v) is 3.54. The van der Waals surface area contributed by atoms with Crippen molar-refractivity contribution in [3.8, 4) is 0 Å². The van der Waals surface area contributed by atoms with Gasteiger partial charge in [-0.1, -0.05) is 0 Å². The predicted molar refractivity (Wildman–Crippen MR) is 39.2 cm³/mol. The van der Waals surface area contributed by atoms with Gasteiger partial charge in [-0.05, 0) is 0 Å². The fraction of sp³-hybridized carbons (Fsp3) is 0.333. The van der Waals surface area contributed by atoms with Gasteiger partial charge in [-0.2, -0.15) is 0 Å². The first-order valence-electron chi connectivity index (χ1n) is 3.54. The van der Waals surface area contributed by atoms with E-state index < -0.39 is 30.1 Å². The van der Waals surface area contributed by atoms with E-state index in [1.54, 1.807) is 0 Å². The van der Waals surface area contributed by atoms with Gasteiger partial charge in [0.1, 0.15) is 6.04 Å². The van der Waals surface area contributed by atoms with Crippen LogP contribution in [0.3, 0.4) is 0 Å². The van der Waals surface area contributed by atoms with Crippen molar-refractivity contribution in [1.82, 2.24) is 10.6 Å². The van der Waals surface area contributed by atoms with Crippen LogP contribution in [0.25, 0.3) is 0 Å². The van der Waals surface area contributed by atoms with Crippen molar-refractivity contribution < 1.29 is 29.0 Å². The molecule has 1 saturated heterocycles. The Balaban J connectivity index is 2.59. The molecule has 1 atom stereocenters. The monoisotopic (exact) mass is 202 g/mol. The molecule has 0 aromatic heterocycles. The molecule has 0 bridgehead atoms. The molecule has 76 valence electrons. The van der Waals surface area contributed by atoms with Crippen molar-refractivity contribution in [3.63, 3.8) is 0 Å². The number of urea groups is 1. The fourth-order valence-electron chi connectivity index (χ4n) is 0.908. The summed E-state index contributed by atoms with van der Waals surface area (Å²) in [6, 6.07) is -2.10. The van der Waals surface area contributed by atoms with Gasteiger partial charge in [-0.15, -0.1) is 0 Å². The Kier molecular flexibility index (Phi) is 2.65. The Labute approximate surface area is 77.2 Å². The molecule has 1 fully saturated rings. The normalized spacial score (nSPS) is 20.7. The van der Waals surface area contributed by atoms with Crippen molar-refractivity contribution in [3.05, 3.63) is 0 Å². The average molecular weight is 202 g/mol. The van der Waals surface area contributed by atoms with E-state index >= 15 is 0 Å². The number of imide groups is 1. The van der Waals surface area contributed by atoms with Crippen LogP contribution in [0.1, 0.15) is 6.42 Å². The number of amides is 3. The van der Waals surface area contributed by atoms with Crippen molar-refractivity contribution in [2.45, 2.75) is 12.5 Å². The number of hydrogen-bond donors (Lipinski definition) is 3. The summed E-state index contributed by atoms with van der Waals surface area (Å²) < 4.78 is 3.77. The van der Waals surface area contributed by atoms with E-state index in [1.165, 1.54) is 0 Å². The summed E-state index contributed by atoms with van der Waals surface area (Å²) in [5.41, 5.74) is 0. The molecule has 14 heavy (non-hydrogen) atoms. The molecule has 0 spiro atoms. The van der Waals surface area contributed by atoms with Crippen LogP contribution in [0, 0.1) is 0 Å². The van der Waals surface area contributed by atoms with E-state index in [-0.39, 0.29) is 6.42 Å². The van der Waals surface area contributed by atoms with E-state index in [9.17, 15) is 19.2 Å². The van der Waals surface area contributed by atoms with Crippen LogP contribution in [0.15, 0.2) is 0 Å². The van der Waals surface area contributed by atoms with Gasteiger partial charge in [0.2, 0.25) is 5.91 Å². The predicted octanol–water partition coefficient (Wildman–Crippen LogP) is -1.19. The molecule has 3 amide bonds. The van der Waals surface area contributed by atoms with Gasteiger partial charge in [0.25, 0.3) is 0 Å². The molecule has 1 aliphatic rings. The molecule has 0 radical (unpaired) electrons. The van der Waals surface area contributed by atoms with Crippen LogP contribution < -0.4 is 10.6 Å². The largest absolute Gasteiger partial charge is 0.513 e. The summed E-state index contributed by atoms with van der Waals surface area (Å²) >= 11 is 0. The fourth-order valence-corrected chi connectivity index (χ4v) is 0.908.